The van der Waals surface area contributed by atoms with Crippen molar-refractivity contribution in [3.05, 3.63) is 21.7 Å². The molecule has 112 valence electrons. The van der Waals surface area contributed by atoms with Gasteiger partial charge in [-0.05, 0) is 43.4 Å². The topological polar surface area (TPSA) is 25.8 Å². The van der Waals surface area contributed by atoms with E-state index in [1.54, 1.807) is 0 Å². The summed E-state index contributed by atoms with van der Waals surface area (Å²) < 4.78 is 0. The van der Waals surface area contributed by atoms with Gasteiger partial charge >= 0.3 is 0 Å². The molecule has 0 saturated heterocycles. The molecule has 1 aromatic heterocycles. The molecule has 0 bridgehead atoms. The van der Waals surface area contributed by atoms with Crippen LogP contribution < -0.4 is 0 Å². The van der Waals surface area contributed by atoms with Gasteiger partial charge in [0.05, 0.1) is 0 Å². The van der Waals surface area contributed by atoms with Gasteiger partial charge in [0, 0.05) is 11.5 Å². The van der Waals surface area contributed by atoms with Crippen molar-refractivity contribution >= 4 is 23.2 Å². The molecule has 0 unspecified atom stereocenters. The molecule has 1 fully saturated rings. The maximum Gasteiger partial charge on any atom is 0.137 e. The van der Waals surface area contributed by atoms with Crippen molar-refractivity contribution in [1.29, 1.82) is 0 Å². The normalized spacial score (nSPS) is 23.6. The van der Waals surface area contributed by atoms with Crippen LogP contribution in [0.2, 0.25) is 10.3 Å². The zero-order chi connectivity index (χ0) is 14.9. The third-order valence-corrected chi connectivity index (χ3v) is 5.10. The second-order valence-electron chi connectivity index (χ2n) is 6.59. The van der Waals surface area contributed by atoms with Gasteiger partial charge in [0.2, 0.25) is 0 Å². The molecule has 0 amide bonds. The SMILES string of the molecule is CC(C)c1c(Cl)nc(C2CCC(C(C)C)CC2)nc1Cl. The number of halogens is 2. The van der Waals surface area contributed by atoms with Crippen molar-refractivity contribution in [2.75, 3.05) is 0 Å². The molecule has 0 radical (unpaired) electrons. The molecular weight excluding hydrogens is 291 g/mol. The molecule has 0 atom stereocenters. The lowest BCUT2D eigenvalue weighted by molar-refractivity contribution is 0.254. The van der Waals surface area contributed by atoms with E-state index >= 15 is 0 Å². The van der Waals surface area contributed by atoms with Crippen LogP contribution in [0.4, 0.5) is 0 Å². The number of hydrogen-bond acceptors (Lipinski definition) is 2. The maximum absolute atomic E-state index is 6.29. The second-order valence-corrected chi connectivity index (χ2v) is 7.30. The summed E-state index contributed by atoms with van der Waals surface area (Å²) in [5.74, 6) is 3.12. The quantitative estimate of drug-likeness (QED) is 0.655. The van der Waals surface area contributed by atoms with Gasteiger partial charge in [-0.25, -0.2) is 9.97 Å². The third-order valence-electron chi connectivity index (χ3n) is 4.53. The highest BCUT2D eigenvalue weighted by Gasteiger charge is 2.27. The van der Waals surface area contributed by atoms with E-state index in [1.165, 1.54) is 12.8 Å². The fourth-order valence-corrected chi connectivity index (χ4v) is 3.97. The van der Waals surface area contributed by atoms with Crippen molar-refractivity contribution in [3.63, 3.8) is 0 Å². The molecule has 0 aromatic carbocycles. The molecule has 1 saturated carbocycles. The van der Waals surface area contributed by atoms with Gasteiger partial charge in [0.25, 0.3) is 0 Å². The standard InChI is InChI=1S/C16H24Cl2N2/c1-9(2)11-5-7-12(8-6-11)16-19-14(17)13(10(3)4)15(18)20-16/h9-12H,5-8H2,1-4H3. The van der Waals surface area contributed by atoms with E-state index in [0.717, 1.165) is 36.1 Å². The summed E-state index contributed by atoms with van der Waals surface area (Å²) in [4.78, 5) is 9.04. The van der Waals surface area contributed by atoms with Crippen LogP contribution >= 0.6 is 23.2 Å². The first-order valence-electron chi connectivity index (χ1n) is 7.63. The Labute approximate surface area is 132 Å². The monoisotopic (exact) mass is 314 g/mol. The van der Waals surface area contributed by atoms with Gasteiger partial charge in [-0.1, -0.05) is 50.9 Å². The van der Waals surface area contributed by atoms with Crippen molar-refractivity contribution in [2.45, 2.75) is 65.2 Å². The Balaban J connectivity index is 2.15. The highest BCUT2D eigenvalue weighted by Crippen LogP contribution is 2.39. The van der Waals surface area contributed by atoms with Crippen LogP contribution in [0.25, 0.3) is 0 Å². The minimum Gasteiger partial charge on any atom is -0.221 e. The van der Waals surface area contributed by atoms with Crippen LogP contribution in [0, 0.1) is 11.8 Å². The molecule has 1 heterocycles. The molecule has 1 aliphatic rings. The Kier molecular flexibility index (Phi) is 5.30. The number of rotatable bonds is 3. The molecule has 4 heteroatoms. The van der Waals surface area contributed by atoms with E-state index in [-0.39, 0.29) is 5.92 Å². The molecule has 20 heavy (non-hydrogen) atoms. The van der Waals surface area contributed by atoms with E-state index in [9.17, 15) is 0 Å². The van der Waals surface area contributed by atoms with Crippen molar-refractivity contribution in [2.24, 2.45) is 11.8 Å². The summed E-state index contributed by atoms with van der Waals surface area (Å²) in [5.41, 5.74) is 0.868. The summed E-state index contributed by atoms with van der Waals surface area (Å²) >= 11 is 12.6. The van der Waals surface area contributed by atoms with E-state index in [4.69, 9.17) is 23.2 Å². The van der Waals surface area contributed by atoms with Crippen LogP contribution in [0.5, 0.6) is 0 Å². The molecule has 0 N–H and O–H groups in total. The first-order chi connectivity index (χ1) is 9.40. The first-order valence-corrected chi connectivity index (χ1v) is 8.38. The predicted molar refractivity (Wildman–Crippen MR) is 85.7 cm³/mol. The predicted octanol–water partition coefficient (Wildman–Crippen LogP) is 5.84. The molecule has 0 aliphatic heterocycles. The van der Waals surface area contributed by atoms with Crippen LogP contribution in [-0.4, -0.2) is 9.97 Å². The molecular formula is C16H24Cl2N2. The number of aromatic nitrogens is 2. The number of nitrogens with zero attached hydrogens (tertiary/aromatic N) is 2. The average molecular weight is 315 g/mol. The van der Waals surface area contributed by atoms with Crippen LogP contribution in [0.3, 0.4) is 0 Å². The summed E-state index contributed by atoms with van der Waals surface area (Å²) in [6.07, 6.45) is 4.81. The zero-order valence-corrected chi connectivity index (χ0v) is 14.3. The molecule has 1 aliphatic carbocycles. The largest absolute Gasteiger partial charge is 0.221 e. The maximum atomic E-state index is 6.29. The second kappa shape index (κ2) is 6.62. The fraction of sp³-hybridized carbons (Fsp3) is 0.750. The fourth-order valence-electron chi connectivity index (χ4n) is 3.13. The molecule has 1 aromatic rings. The van der Waals surface area contributed by atoms with Crippen molar-refractivity contribution in [1.82, 2.24) is 9.97 Å². The highest BCUT2D eigenvalue weighted by molar-refractivity contribution is 6.34. The lowest BCUT2D eigenvalue weighted by Crippen LogP contribution is -2.19. The first kappa shape index (κ1) is 16.0. The van der Waals surface area contributed by atoms with Gasteiger partial charge in [-0.15, -0.1) is 0 Å². The minimum atomic E-state index is 0.251. The highest BCUT2D eigenvalue weighted by atomic mass is 35.5. The summed E-state index contributed by atoms with van der Waals surface area (Å²) in [7, 11) is 0. The van der Waals surface area contributed by atoms with Crippen LogP contribution in [0.15, 0.2) is 0 Å². The van der Waals surface area contributed by atoms with Gasteiger partial charge in [-0.3, -0.25) is 0 Å². The minimum absolute atomic E-state index is 0.251. The smallest absolute Gasteiger partial charge is 0.137 e. The lowest BCUT2D eigenvalue weighted by Gasteiger charge is -2.30. The van der Waals surface area contributed by atoms with Crippen LogP contribution in [0.1, 0.15) is 76.6 Å². The Bertz CT molecular complexity index is 441. The van der Waals surface area contributed by atoms with E-state index in [0.29, 0.717) is 16.2 Å². The number of hydrogen-bond donors (Lipinski definition) is 0. The van der Waals surface area contributed by atoms with Gasteiger partial charge in [0.1, 0.15) is 16.1 Å². The zero-order valence-electron chi connectivity index (χ0n) is 12.8. The van der Waals surface area contributed by atoms with E-state index < -0.39 is 0 Å². The van der Waals surface area contributed by atoms with E-state index in [2.05, 4.69) is 37.7 Å². The molecule has 2 rings (SSSR count). The summed E-state index contributed by atoms with van der Waals surface area (Å²) in [6.45, 7) is 8.74. The van der Waals surface area contributed by atoms with E-state index in [1.807, 2.05) is 0 Å². The summed E-state index contributed by atoms with van der Waals surface area (Å²) in [6, 6.07) is 0. The average Bonchev–Trinajstić information content (AvgIpc) is 2.37. The Morgan fingerprint density at radius 3 is 1.80 bits per heavy atom. The summed E-state index contributed by atoms with van der Waals surface area (Å²) in [5, 5.41) is 1.06. The lowest BCUT2D eigenvalue weighted by atomic mass is 9.77. The van der Waals surface area contributed by atoms with Gasteiger partial charge < -0.3 is 0 Å². The van der Waals surface area contributed by atoms with Crippen LogP contribution in [-0.2, 0) is 0 Å². The van der Waals surface area contributed by atoms with Gasteiger partial charge in [-0.2, -0.15) is 0 Å². The third kappa shape index (κ3) is 3.46. The Hall–Kier alpha value is -0.340. The molecule has 2 nitrogen and oxygen atoms in total. The van der Waals surface area contributed by atoms with Crippen molar-refractivity contribution in [3.8, 4) is 0 Å². The molecule has 0 spiro atoms. The Morgan fingerprint density at radius 1 is 0.900 bits per heavy atom. The van der Waals surface area contributed by atoms with Crippen molar-refractivity contribution < 1.29 is 0 Å². The van der Waals surface area contributed by atoms with Gasteiger partial charge in [0.15, 0.2) is 0 Å². The Morgan fingerprint density at radius 2 is 1.40 bits per heavy atom.